The number of β-amino-alcohol motifs (C(OH)–C–C–N with tert-alkyl or cyclic N) is 1. The van der Waals surface area contributed by atoms with E-state index in [-0.39, 0.29) is 18.0 Å². The molecule has 0 unspecified atom stereocenters. The quantitative estimate of drug-likeness (QED) is 0.748. The molecule has 3 heterocycles. The van der Waals surface area contributed by atoms with Gasteiger partial charge in [0, 0.05) is 19.1 Å². The van der Waals surface area contributed by atoms with Crippen molar-refractivity contribution < 1.29 is 14.4 Å². The van der Waals surface area contributed by atoms with Gasteiger partial charge in [0.15, 0.2) is 0 Å². The average molecular weight is 295 g/mol. The molecular formula is C13H21N5O3. The number of rotatable bonds is 4. The minimum absolute atomic E-state index is 0.0997. The van der Waals surface area contributed by atoms with Crippen molar-refractivity contribution in [3.8, 4) is 0 Å². The van der Waals surface area contributed by atoms with Crippen molar-refractivity contribution in [1.82, 2.24) is 19.9 Å². The van der Waals surface area contributed by atoms with Gasteiger partial charge in [-0.25, -0.2) is 0 Å². The summed E-state index contributed by atoms with van der Waals surface area (Å²) >= 11 is 0. The Balaban J connectivity index is 1.58. The molecule has 116 valence electrons. The third-order valence-electron chi connectivity index (χ3n) is 4.24. The van der Waals surface area contributed by atoms with Crippen LogP contribution in [0.25, 0.3) is 0 Å². The number of carbonyl (C=O) groups is 1. The lowest BCUT2D eigenvalue weighted by atomic mass is 10.1. The number of carbonyl (C=O) groups excluding carboxylic acids is 1. The molecule has 2 saturated heterocycles. The molecular weight excluding hydrogens is 274 g/mol. The summed E-state index contributed by atoms with van der Waals surface area (Å²) in [5.74, 6) is -0.440. The summed E-state index contributed by atoms with van der Waals surface area (Å²) in [6.07, 6.45) is 3.33. The number of nitrogens with zero attached hydrogens (tertiary/aromatic N) is 4. The molecule has 2 aliphatic heterocycles. The van der Waals surface area contributed by atoms with Gasteiger partial charge in [-0.05, 0) is 25.9 Å². The molecule has 3 N–H and O–H groups in total. The first-order chi connectivity index (χ1) is 10.1. The molecule has 8 heteroatoms. The van der Waals surface area contributed by atoms with Gasteiger partial charge < -0.3 is 15.4 Å². The second-order valence-electron chi connectivity index (χ2n) is 5.80. The van der Waals surface area contributed by atoms with Gasteiger partial charge in [-0.1, -0.05) is 11.6 Å². The van der Waals surface area contributed by atoms with Crippen LogP contribution >= 0.6 is 0 Å². The maximum Gasteiger partial charge on any atom is 0.290 e. The Kier molecular flexibility index (Phi) is 4.18. The molecule has 0 aromatic carbocycles. The third-order valence-corrected chi connectivity index (χ3v) is 4.24. The summed E-state index contributed by atoms with van der Waals surface area (Å²) in [6.45, 7) is 3.90. The minimum atomic E-state index is -0.697. The fraction of sp³-hybridized carbons (Fsp3) is 0.769. The number of piperidine rings is 1. The monoisotopic (exact) mass is 295 g/mol. The standard InChI is InChI=1S/C13H21N5O3/c14-12(20)13-15-11(21-16-13)8-17-6-9(10(19)7-17)18-4-2-1-3-5-18/h9-10,19H,1-8H2,(H2,14,20)/t9-,10-/m0/s1. The van der Waals surface area contributed by atoms with Crippen LogP contribution in [0, 0.1) is 0 Å². The first-order valence-corrected chi connectivity index (χ1v) is 7.40. The Labute approximate surface area is 122 Å². The van der Waals surface area contributed by atoms with Crippen LogP contribution in [0.2, 0.25) is 0 Å². The number of aliphatic hydroxyl groups is 1. The largest absolute Gasteiger partial charge is 0.390 e. The van der Waals surface area contributed by atoms with Gasteiger partial charge in [-0.2, -0.15) is 4.98 Å². The van der Waals surface area contributed by atoms with Gasteiger partial charge in [0.25, 0.3) is 11.7 Å². The van der Waals surface area contributed by atoms with E-state index in [9.17, 15) is 9.90 Å². The highest BCUT2D eigenvalue weighted by Gasteiger charge is 2.36. The Bertz CT molecular complexity index is 500. The lowest BCUT2D eigenvalue weighted by Crippen LogP contribution is -2.45. The van der Waals surface area contributed by atoms with E-state index in [1.54, 1.807) is 0 Å². The Morgan fingerprint density at radius 1 is 1.33 bits per heavy atom. The maximum atomic E-state index is 10.9. The van der Waals surface area contributed by atoms with Crippen LogP contribution in [0.3, 0.4) is 0 Å². The molecule has 21 heavy (non-hydrogen) atoms. The molecule has 0 saturated carbocycles. The van der Waals surface area contributed by atoms with Crippen LogP contribution in [0.4, 0.5) is 0 Å². The van der Waals surface area contributed by atoms with Crippen molar-refractivity contribution in [2.75, 3.05) is 26.2 Å². The first kappa shape index (κ1) is 14.4. The summed E-state index contributed by atoms with van der Waals surface area (Å²) in [6, 6.07) is 0.170. The normalized spacial score (nSPS) is 28.0. The van der Waals surface area contributed by atoms with Crippen molar-refractivity contribution >= 4 is 5.91 Å². The highest BCUT2D eigenvalue weighted by Crippen LogP contribution is 2.21. The lowest BCUT2D eigenvalue weighted by Gasteiger charge is -2.33. The van der Waals surface area contributed by atoms with Crippen LogP contribution in [-0.4, -0.2) is 69.3 Å². The van der Waals surface area contributed by atoms with Gasteiger partial charge in [-0.15, -0.1) is 0 Å². The molecule has 0 aliphatic carbocycles. The second kappa shape index (κ2) is 6.08. The zero-order valence-corrected chi connectivity index (χ0v) is 11.9. The number of amides is 1. The zero-order chi connectivity index (χ0) is 14.8. The van der Waals surface area contributed by atoms with Crippen molar-refractivity contribution in [2.24, 2.45) is 5.73 Å². The van der Waals surface area contributed by atoms with Gasteiger partial charge in [0.05, 0.1) is 12.6 Å². The molecule has 1 amide bonds. The van der Waals surface area contributed by atoms with Crippen molar-refractivity contribution in [3.05, 3.63) is 11.7 Å². The molecule has 3 rings (SSSR count). The number of primary amides is 1. The highest BCUT2D eigenvalue weighted by atomic mass is 16.5. The molecule has 8 nitrogen and oxygen atoms in total. The van der Waals surface area contributed by atoms with Gasteiger partial charge >= 0.3 is 0 Å². The highest BCUT2D eigenvalue weighted by molar-refractivity contribution is 5.88. The lowest BCUT2D eigenvalue weighted by molar-refractivity contribution is 0.0705. The van der Waals surface area contributed by atoms with E-state index < -0.39 is 5.91 Å². The Hall–Kier alpha value is -1.51. The van der Waals surface area contributed by atoms with Crippen LogP contribution in [-0.2, 0) is 6.54 Å². The predicted molar refractivity (Wildman–Crippen MR) is 73.3 cm³/mol. The molecule has 1 aromatic heterocycles. The molecule has 2 fully saturated rings. The smallest absolute Gasteiger partial charge is 0.290 e. The second-order valence-corrected chi connectivity index (χ2v) is 5.80. The number of hydrogen-bond donors (Lipinski definition) is 2. The summed E-state index contributed by atoms with van der Waals surface area (Å²) in [7, 11) is 0. The summed E-state index contributed by atoms with van der Waals surface area (Å²) < 4.78 is 5.00. The number of nitrogens with two attached hydrogens (primary N) is 1. The van der Waals surface area contributed by atoms with E-state index in [1.807, 2.05) is 0 Å². The molecule has 0 bridgehead atoms. The van der Waals surface area contributed by atoms with E-state index in [0.29, 0.717) is 19.0 Å². The van der Waals surface area contributed by atoms with Crippen molar-refractivity contribution in [3.63, 3.8) is 0 Å². The summed E-state index contributed by atoms with van der Waals surface area (Å²) in [5.41, 5.74) is 5.09. The van der Waals surface area contributed by atoms with Crippen LogP contribution in [0.5, 0.6) is 0 Å². The molecule has 0 spiro atoms. The number of aromatic nitrogens is 2. The maximum absolute atomic E-state index is 10.9. The number of likely N-dealkylation sites (tertiary alicyclic amines) is 2. The minimum Gasteiger partial charge on any atom is -0.390 e. The van der Waals surface area contributed by atoms with E-state index in [4.69, 9.17) is 10.3 Å². The SMILES string of the molecule is NC(=O)c1noc(CN2C[C@H](O)[C@@H](N3CCCCC3)C2)n1. The summed E-state index contributed by atoms with van der Waals surface area (Å²) in [5, 5.41) is 13.8. The molecule has 0 radical (unpaired) electrons. The topological polar surface area (TPSA) is 109 Å². The van der Waals surface area contributed by atoms with E-state index in [1.165, 1.54) is 19.3 Å². The number of hydrogen-bond acceptors (Lipinski definition) is 7. The predicted octanol–water partition coefficient (Wildman–Crippen LogP) is -0.800. The Morgan fingerprint density at radius 3 is 2.76 bits per heavy atom. The van der Waals surface area contributed by atoms with E-state index in [2.05, 4.69) is 19.9 Å². The van der Waals surface area contributed by atoms with Crippen LogP contribution in [0.15, 0.2) is 4.52 Å². The number of aliphatic hydroxyl groups excluding tert-OH is 1. The van der Waals surface area contributed by atoms with Crippen LogP contribution in [0.1, 0.15) is 35.8 Å². The Morgan fingerprint density at radius 2 is 2.10 bits per heavy atom. The zero-order valence-electron chi connectivity index (χ0n) is 11.9. The van der Waals surface area contributed by atoms with Gasteiger partial charge in [0.2, 0.25) is 5.89 Å². The van der Waals surface area contributed by atoms with Gasteiger partial charge in [-0.3, -0.25) is 14.6 Å². The molecule has 2 aliphatic rings. The fourth-order valence-corrected chi connectivity index (χ4v) is 3.20. The van der Waals surface area contributed by atoms with Crippen molar-refractivity contribution in [1.29, 1.82) is 0 Å². The summed E-state index contributed by atoms with van der Waals surface area (Å²) in [4.78, 5) is 19.3. The molecule has 2 atom stereocenters. The van der Waals surface area contributed by atoms with Crippen molar-refractivity contribution in [2.45, 2.75) is 38.0 Å². The van der Waals surface area contributed by atoms with Crippen LogP contribution < -0.4 is 5.73 Å². The third kappa shape index (κ3) is 3.22. The fourth-order valence-electron chi connectivity index (χ4n) is 3.20. The van der Waals surface area contributed by atoms with E-state index >= 15 is 0 Å². The first-order valence-electron chi connectivity index (χ1n) is 7.40. The molecule has 1 aromatic rings. The average Bonchev–Trinajstić information content (AvgIpc) is 3.07. The van der Waals surface area contributed by atoms with Gasteiger partial charge in [0.1, 0.15) is 0 Å². The van der Waals surface area contributed by atoms with E-state index in [0.717, 1.165) is 19.6 Å².